The number of hydrogen-bond acceptors (Lipinski definition) is 4. The average Bonchev–Trinajstić information content (AvgIpc) is 2.77. The van der Waals surface area contributed by atoms with E-state index in [1.165, 1.54) is 4.57 Å². The van der Waals surface area contributed by atoms with Crippen molar-refractivity contribution in [3.05, 3.63) is 41.7 Å². The third-order valence-electron chi connectivity index (χ3n) is 2.83. The van der Waals surface area contributed by atoms with Crippen molar-refractivity contribution in [1.82, 2.24) is 24.5 Å². The minimum Gasteiger partial charge on any atom is -0.259 e. The Morgan fingerprint density at radius 2 is 1.60 bits per heavy atom. The maximum absolute atomic E-state index is 13.2. The molecule has 2 heterocycles. The molecular weight excluding hydrogens is 264 g/mol. The van der Waals surface area contributed by atoms with Crippen LogP contribution < -0.4 is 0 Å². The zero-order chi connectivity index (χ0) is 14.3. The lowest BCUT2D eigenvalue weighted by Gasteiger charge is -2.07. The maximum Gasteiger partial charge on any atom is 0.296 e. The molecule has 0 amide bonds. The highest BCUT2D eigenvalue weighted by atomic mass is 19.3. The number of hydrogen-bond donors (Lipinski definition) is 0. The standard InChI is InChI=1S/C13H11F2N5/c1-7-16-8(2)18-13(17-7)20-10-6-4-3-5-9(10)19-12(20)11(14)15/h3-6,11H,1-2H3. The molecule has 2 aromatic heterocycles. The van der Waals surface area contributed by atoms with Gasteiger partial charge in [-0.05, 0) is 26.0 Å². The maximum atomic E-state index is 13.2. The van der Waals surface area contributed by atoms with E-state index in [4.69, 9.17) is 0 Å². The Hall–Kier alpha value is -2.44. The number of para-hydroxylation sites is 2. The summed E-state index contributed by atoms with van der Waals surface area (Å²) in [6.07, 6.45) is -2.71. The molecule has 102 valence electrons. The Labute approximate surface area is 113 Å². The molecule has 1 aromatic carbocycles. The van der Waals surface area contributed by atoms with Crippen molar-refractivity contribution in [2.24, 2.45) is 0 Å². The Kier molecular flexibility index (Phi) is 2.89. The van der Waals surface area contributed by atoms with Gasteiger partial charge in [0.2, 0.25) is 5.95 Å². The Morgan fingerprint density at radius 3 is 2.25 bits per heavy atom. The summed E-state index contributed by atoms with van der Waals surface area (Å²) >= 11 is 0. The fourth-order valence-corrected chi connectivity index (χ4v) is 2.10. The molecule has 3 aromatic rings. The van der Waals surface area contributed by atoms with Crippen molar-refractivity contribution < 1.29 is 8.78 Å². The molecule has 0 N–H and O–H groups in total. The first kappa shape index (κ1) is 12.6. The van der Waals surface area contributed by atoms with Gasteiger partial charge in [0.15, 0.2) is 5.82 Å². The van der Waals surface area contributed by atoms with Gasteiger partial charge in [0.05, 0.1) is 11.0 Å². The molecule has 0 atom stereocenters. The molecule has 0 aliphatic rings. The Bertz CT molecular complexity index is 761. The second-order valence-corrected chi connectivity index (χ2v) is 4.32. The fourth-order valence-electron chi connectivity index (χ4n) is 2.10. The molecule has 7 heteroatoms. The van der Waals surface area contributed by atoms with Gasteiger partial charge in [-0.2, -0.15) is 9.97 Å². The van der Waals surface area contributed by atoms with Gasteiger partial charge in [0, 0.05) is 0 Å². The minimum atomic E-state index is -2.71. The predicted octanol–water partition coefficient (Wildman–Crippen LogP) is 2.76. The summed E-state index contributed by atoms with van der Waals surface area (Å²) < 4.78 is 27.7. The van der Waals surface area contributed by atoms with Crippen molar-refractivity contribution in [2.45, 2.75) is 20.3 Å². The quantitative estimate of drug-likeness (QED) is 0.721. The monoisotopic (exact) mass is 275 g/mol. The van der Waals surface area contributed by atoms with Gasteiger partial charge in [-0.1, -0.05) is 12.1 Å². The fraction of sp³-hybridized carbons (Fsp3) is 0.231. The summed E-state index contributed by atoms with van der Waals surface area (Å²) in [6, 6.07) is 6.90. The van der Waals surface area contributed by atoms with E-state index in [1.807, 2.05) is 0 Å². The topological polar surface area (TPSA) is 56.5 Å². The number of alkyl halides is 2. The molecular formula is C13H11F2N5. The summed E-state index contributed by atoms with van der Waals surface area (Å²) in [4.78, 5) is 16.3. The van der Waals surface area contributed by atoms with Crippen molar-refractivity contribution >= 4 is 11.0 Å². The normalized spacial score (nSPS) is 11.4. The van der Waals surface area contributed by atoms with Crippen LogP contribution in [0, 0.1) is 13.8 Å². The second kappa shape index (κ2) is 4.59. The van der Waals surface area contributed by atoms with E-state index in [9.17, 15) is 8.78 Å². The highest BCUT2D eigenvalue weighted by Gasteiger charge is 2.21. The molecule has 3 rings (SSSR count). The van der Waals surface area contributed by atoms with Gasteiger partial charge >= 0.3 is 0 Å². The van der Waals surface area contributed by atoms with Gasteiger partial charge in [0.25, 0.3) is 6.43 Å². The Morgan fingerprint density at radius 1 is 0.950 bits per heavy atom. The summed E-state index contributed by atoms with van der Waals surface area (Å²) in [5, 5.41) is 0. The van der Waals surface area contributed by atoms with Crippen LogP contribution in [0.5, 0.6) is 0 Å². The van der Waals surface area contributed by atoms with Gasteiger partial charge in [-0.25, -0.2) is 18.7 Å². The van der Waals surface area contributed by atoms with Crippen LogP contribution in [0.2, 0.25) is 0 Å². The average molecular weight is 275 g/mol. The van der Waals surface area contributed by atoms with E-state index in [1.54, 1.807) is 38.1 Å². The summed E-state index contributed by atoms with van der Waals surface area (Å²) in [5.41, 5.74) is 1.03. The number of aromatic nitrogens is 5. The number of aryl methyl sites for hydroxylation is 2. The number of rotatable bonds is 2. The molecule has 0 radical (unpaired) electrons. The van der Waals surface area contributed by atoms with E-state index >= 15 is 0 Å². The molecule has 0 fully saturated rings. The third kappa shape index (κ3) is 2.01. The molecule has 0 spiro atoms. The zero-order valence-corrected chi connectivity index (χ0v) is 10.9. The van der Waals surface area contributed by atoms with Gasteiger partial charge in [0.1, 0.15) is 11.6 Å². The van der Waals surface area contributed by atoms with Crippen LogP contribution in [0.1, 0.15) is 23.9 Å². The van der Waals surface area contributed by atoms with Crippen molar-refractivity contribution in [3.8, 4) is 5.95 Å². The molecule has 0 saturated heterocycles. The van der Waals surface area contributed by atoms with Gasteiger partial charge < -0.3 is 0 Å². The lowest BCUT2D eigenvalue weighted by atomic mass is 10.3. The highest BCUT2D eigenvalue weighted by Crippen LogP contribution is 2.26. The lowest BCUT2D eigenvalue weighted by molar-refractivity contribution is 0.138. The second-order valence-electron chi connectivity index (χ2n) is 4.32. The van der Waals surface area contributed by atoms with E-state index in [0.717, 1.165) is 0 Å². The number of halogens is 2. The Balaban J connectivity index is 2.36. The predicted molar refractivity (Wildman–Crippen MR) is 68.9 cm³/mol. The minimum absolute atomic E-state index is 0.166. The third-order valence-corrected chi connectivity index (χ3v) is 2.83. The van der Waals surface area contributed by atoms with Crippen LogP contribution in [-0.2, 0) is 0 Å². The van der Waals surface area contributed by atoms with Crippen LogP contribution >= 0.6 is 0 Å². The van der Waals surface area contributed by atoms with E-state index in [2.05, 4.69) is 19.9 Å². The van der Waals surface area contributed by atoms with Gasteiger partial charge in [-0.15, -0.1) is 0 Å². The largest absolute Gasteiger partial charge is 0.296 e. The number of imidazole rings is 1. The van der Waals surface area contributed by atoms with Crippen LogP contribution in [0.15, 0.2) is 24.3 Å². The van der Waals surface area contributed by atoms with E-state index in [-0.39, 0.29) is 11.8 Å². The molecule has 0 bridgehead atoms. The SMILES string of the molecule is Cc1nc(C)nc(-n2c(C(F)F)nc3ccccc32)n1. The molecule has 5 nitrogen and oxygen atoms in total. The summed E-state index contributed by atoms with van der Waals surface area (Å²) in [7, 11) is 0. The van der Waals surface area contributed by atoms with Crippen molar-refractivity contribution in [1.29, 1.82) is 0 Å². The summed E-state index contributed by atoms with van der Waals surface area (Å²) in [5.74, 6) is 0.756. The van der Waals surface area contributed by atoms with Crippen LogP contribution in [0.3, 0.4) is 0 Å². The smallest absolute Gasteiger partial charge is 0.259 e. The zero-order valence-electron chi connectivity index (χ0n) is 10.9. The first-order chi connectivity index (χ1) is 9.56. The number of nitrogens with zero attached hydrogens (tertiary/aromatic N) is 5. The first-order valence-electron chi connectivity index (χ1n) is 6.01. The molecule has 0 saturated carbocycles. The van der Waals surface area contributed by atoms with Crippen molar-refractivity contribution in [2.75, 3.05) is 0 Å². The van der Waals surface area contributed by atoms with Crippen LogP contribution in [0.4, 0.5) is 8.78 Å². The van der Waals surface area contributed by atoms with Crippen LogP contribution in [-0.4, -0.2) is 24.5 Å². The highest BCUT2D eigenvalue weighted by molar-refractivity contribution is 5.77. The molecule has 0 unspecified atom stereocenters. The van der Waals surface area contributed by atoms with Gasteiger partial charge in [-0.3, -0.25) is 4.57 Å². The molecule has 20 heavy (non-hydrogen) atoms. The molecule has 0 aliphatic heterocycles. The number of benzene rings is 1. The number of fused-ring (bicyclic) bond motifs is 1. The van der Waals surface area contributed by atoms with Crippen molar-refractivity contribution in [3.63, 3.8) is 0 Å². The lowest BCUT2D eigenvalue weighted by Crippen LogP contribution is -2.09. The van der Waals surface area contributed by atoms with E-state index < -0.39 is 6.43 Å². The van der Waals surface area contributed by atoms with E-state index in [0.29, 0.717) is 22.7 Å². The summed E-state index contributed by atoms with van der Waals surface area (Å²) in [6.45, 7) is 3.39. The molecule has 0 aliphatic carbocycles. The van der Waals surface area contributed by atoms with Crippen LogP contribution in [0.25, 0.3) is 17.0 Å². The first-order valence-corrected chi connectivity index (χ1v) is 6.01.